The summed E-state index contributed by atoms with van der Waals surface area (Å²) in [4.78, 5) is 15.3. The van der Waals surface area contributed by atoms with Gasteiger partial charge >= 0.3 is 0 Å². The van der Waals surface area contributed by atoms with Crippen molar-refractivity contribution >= 4 is 43.2 Å². The minimum atomic E-state index is -3.99. The summed E-state index contributed by atoms with van der Waals surface area (Å²) >= 11 is 5.88. The highest BCUT2D eigenvalue weighted by atomic mass is 35.5. The third-order valence-electron chi connectivity index (χ3n) is 6.93. The van der Waals surface area contributed by atoms with Gasteiger partial charge in [-0.3, -0.25) is 9.52 Å². The Hall–Kier alpha value is -3.16. The Morgan fingerprint density at radius 2 is 1.71 bits per heavy atom. The number of amides is 1. The number of hydrogen-bond acceptors (Lipinski definition) is 7. The maximum atomic E-state index is 13.7. The zero-order valence-corrected chi connectivity index (χ0v) is 25.2. The fourth-order valence-corrected chi connectivity index (χ4v) is 6.84. The van der Waals surface area contributed by atoms with Crippen molar-refractivity contribution in [1.82, 2.24) is 9.21 Å². The van der Waals surface area contributed by atoms with Gasteiger partial charge in [-0.05, 0) is 61.5 Å². The largest absolute Gasteiger partial charge is 0.488 e. The maximum absolute atomic E-state index is 13.7. The van der Waals surface area contributed by atoms with Crippen LogP contribution in [0.2, 0.25) is 5.02 Å². The van der Waals surface area contributed by atoms with Crippen molar-refractivity contribution < 1.29 is 31.5 Å². The number of benzene rings is 3. The van der Waals surface area contributed by atoms with Gasteiger partial charge in [-0.15, -0.1) is 0 Å². The molecule has 0 radical (unpaired) electrons. The molecular formula is C28H32ClN3O7S2. The van der Waals surface area contributed by atoms with E-state index in [9.17, 15) is 26.7 Å². The van der Waals surface area contributed by atoms with Gasteiger partial charge in [-0.25, -0.2) is 16.8 Å². The van der Waals surface area contributed by atoms with E-state index in [2.05, 4.69) is 4.72 Å². The molecule has 13 heteroatoms. The smallest absolute Gasteiger partial charge is 0.261 e. The number of nitrogens with zero attached hydrogens (tertiary/aromatic N) is 2. The lowest BCUT2D eigenvalue weighted by Gasteiger charge is -2.38. The Morgan fingerprint density at radius 3 is 2.34 bits per heavy atom. The van der Waals surface area contributed by atoms with E-state index in [1.165, 1.54) is 70.9 Å². The fraction of sp³-hybridized carbons (Fsp3) is 0.321. The van der Waals surface area contributed by atoms with Gasteiger partial charge in [-0.1, -0.05) is 36.7 Å². The SMILES string of the molecule is C[C@H]1CN([C@@H](C)CO)C(=O)c2cc(NS(=O)(=O)c3ccc(Cl)cc3)ccc2O[C@@H]1CN(C)S(=O)(=O)c1ccccc1. The van der Waals surface area contributed by atoms with Crippen molar-refractivity contribution in [3.63, 3.8) is 0 Å². The van der Waals surface area contributed by atoms with E-state index in [-0.39, 0.29) is 52.4 Å². The summed E-state index contributed by atoms with van der Waals surface area (Å²) in [6.45, 7) is 3.39. The van der Waals surface area contributed by atoms with Gasteiger partial charge in [0.25, 0.3) is 15.9 Å². The van der Waals surface area contributed by atoms with Crippen molar-refractivity contribution in [2.24, 2.45) is 5.92 Å². The van der Waals surface area contributed by atoms with E-state index in [1.807, 2.05) is 6.92 Å². The predicted octanol–water partition coefficient (Wildman–Crippen LogP) is 3.68. The molecule has 4 rings (SSSR count). The molecule has 0 bridgehead atoms. The summed E-state index contributed by atoms with van der Waals surface area (Å²) in [7, 11) is -6.34. The van der Waals surface area contributed by atoms with Crippen LogP contribution in [-0.2, 0) is 20.0 Å². The molecule has 1 heterocycles. The Bertz CT molecular complexity index is 1600. The lowest BCUT2D eigenvalue weighted by Crippen LogP contribution is -2.50. The van der Waals surface area contributed by atoms with Gasteiger partial charge in [0.1, 0.15) is 11.9 Å². The van der Waals surface area contributed by atoms with Crippen LogP contribution in [0.4, 0.5) is 5.69 Å². The molecule has 0 unspecified atom stereocenters. The van der Waals surface area contributed by atoms with Crippen LogP contribution >= 0.6 is 11.6 Å². The average molecular weight is 622 g/mol. The van der Waals surface area contributed by atoms with Gasteiger partial charge in [0.15, 0.2) is 0 Å². The monoisotopic (exact) mass is 621 g/mol. The van der Waals surface area contributed by atoms with Crippen LogP contribution in [0, 0.1) is 5.92 Å². The highest BCUT2D eigenvalue weighted by Gasteiger charge is 2.35. The summed E-state index contributed by atoms with van der Waals surface area (Å²) in [6, 6.07) is 17.4. The number of aliphatic hydroxyl groups is 1. The third-order valence-corrected chi connectivity index (χ3v) is 10.4. The first-order valence-electron chi connectivity index (χ1n) is 12.9. The molecule has 2 N–H and O–H groups in total. The number of sulfonamides is 2. The average Bonchev–Trinajstić information content (AvgIpc) is 2.95. The molecule has 0 saturated heterocycles. The van der Waals surface area contributed by atoms with Gasteiger partial charge < -0.3 is 14.7 Å². The third kappa shape index (κ3) is 6.84. The number of anilines is 1. The summed E-state index contributed by atoms with van der Waals surface area (Å²) in [6.07, 6.45) is -0.671. The van der Waals surface area contributed by atoms with Crippen LogP contribution in [0.5, 0.6) is 5.75 Å². The summed E-state index contributed by atoms with van der Waals surface area (Å²) in [5, 5.41) is 10.3. The number of rotatable bonds is 9. The molecule has 1 aliphatic heterocycles. The molecule has 0 aliphatic carbocycles. The minimum Gasteiger partial charge on any atom is -0.488 e. The van der Waals surface area contributed by atoms with Crippen molar-refractivity contribution in [1.29, 1.82) is 0 Å². The Kier molecular flexibility index (Phi) is 9.29. The Balaban J connectivity index is 1.68. The minimum absolute atomic E-state index is 0.0108. The van der Waals surface area contributed by atoms with E-state index in [0.29, 0.717) is 5.02 Å². The molecular weight excluding hydrogens is 590 g/mol. The van der Waals surface area contributed by atoms with E-state index in [0.717, 1.165) is 0 Å². The maximum Gasteiger partial charge on any atom is 0.261 e. The standard InChI is InChI=1S/C28H32ClN3O7S2/c1-19-16-32(20(2)18-33)28(34)25-15-22(30-40(35,36)23-12-9-21(29)10-13-23)11-14-26(25)39-27(19)17-31(3)41(37,38)24-7-5-4-6-8-24/h4-15,19-20,27,30,33H,16-18H2,1-3H3/t19-,20-,27+/m0/s1. The summed E-state index contributed by atoms with van der Waals surface area (Å²) < 4.78 is 62.2. The summed E-state index contributed by atoms with van der Waals surface area (Å²) in [5.74, 6) is -0.608. The van der Waals surface area contributed by atoms with E-state index < -0.39 is 38.1 Å². The van der Waals surface area contributed by atoms with Crippen molar-refractivity contribution in [2.45, 2.75) is 35.8 Å². The van der Waals surface area contributed by atoms with Crippen LogP contribution in [0.25, 0.3) is 0 Å². The van der Waals surface area contributed by atoms with Crippen molar-refractivity contribution in [3.8, 4) is 5.75 Å². The van der Waals surface area contributed by atoms with E-state index in [4.69, 9.17) is 16.3 Å². The number of nitrogens with one attached hydrogen (secondary N) is 1. The normalized spacial score (nSPS) is 18.7. The molecule has 3 atom stereocenters. The first-order valence-corrected chi connectivity index (χ1v) is 16.2. The first kappa shape index (κ1) is 30.8. The fourth-order valence-electron chi connectivity index (χ4n) is 4.46. The molecule has 10 nitrogen and oxygen atoms in total. The lowest BCUT2D eigenvalue weighted by atomic mass is 9.99. The van der Waals surface area contributed by atoms with E-state index in [1.54, 1.807) is 25.1 Å². The molecule has 3 aromatic rings. The second-order valence-electron chi connectivity index (χ2n) is 9.99. The highest BCUT2D eigenvalue weighted by Crippen LogP contribution is 2.32. The number of likely N-dealkylation sites (N-methyl/N-ethyl adjacent to an activating group) is 1. The molecule has 41 heavy (non-hydrogen) atoms. The second kappa shape index (κ2) is 12.4. The Morgan fingerprint density at radius 1 is 1.05 bits per heavy atom. The molecule has 220 valence electrons. The molecule has 0 fully saturated rings. The van der Waals surface area contributed by atoms with Gasteiger partial charge in [0.2, 0.25) is 10.0 Å². The molecule has 1 amide bonds. The predicted molar refractivity (Wildman–Crippen MR) is 156 cm³/mol. The number of halogens is 1. The van der Waals surface area contributed by atoms with Crippen LogP contribution in [0.15, 0.2) is 82.6 Å². The topological polar surface area (TPSA) is 133 Å². The number of fused-ring (bicyclic) bond motifs is 1. The molecule has 3 aromatic carbocycles. The van der Waals surface area contributed by atoms with Crippen LogP contribution in [0.3, 0.4) is 0 Å². The number of ether oxygens (including phenoxy) is 1. The lowest BCUT2D eigenvalue weighted by molar-refractivity contribution is 0.0387. The molecule has 0 saturated carbocycles. The van der Waals surface area contributed by atoms with Gasteiger partial charge in [0.05, 0.1) is 34.5 Å². The van der Waals surface area contributed by atoms with Crippen LogP contribution in [-0.4, -0.2) is 75.9 Å². The molecule has 1 aliphatic rings. The Labute approximate surface area is 245 Å². The molecule has 0 spiro atoms. The molecule has 0 aromatic heterocycles. The zero-order valence-electron chi connectivity index (χ0n) is 22.8. The van der Waals surface area contributed by atoms with Crippen molar-refractivity contribution in [2.75, 3.05) is 31.5 Å². The number of carbonyl (C=O) groups excluding carboxylic acids is 1. The number of aliphatic hydroxyl groups excluding tert-OH is 1. The van der Waals surface area contributed by atoms with Gasteiger partial charge in [0, 0.05) is 30.2 Å². The highest BCUT2D eigenvalue weighted by molar-refractivity contribution is 7.92. The number of carbonyl (C=O) groups is 1. The number of hydrogen-bond donors (Lipinski definition) is 2. The summed E-state index contributed by atoms with van der Waals surface area (Å²) in [5.41, 5.74) is 0.202. The first-order chi connectivity index (χ1) is 19.3. The van der Waals surface area contributed by atoms with Gasteiger partial charge in [-0.2, -0.15) is 4.31 Å². The zero-order chi connectivity index (χ0) is 29.9. The van der Waals surface area contributed by atoms with Crippen molar-refractivity contribution in [3.05, 3.63) is 83.4 Å². The van der Waals surface area contributed by atoms with Crippen LogP contribution < -0.4 is 9.46 Å². The van der Waals surface area contributed by atoms with E-state index >= 15 is 0 Å². The quantitative estimate of drug-likeness (QED) is 0.372. The van der Waals surface area contributed by atoms with Crippen LogP contribution in [0.1, 0.15) is 24.2 Å². The second-order valence-corrected chi connectivity index (χ2v) is 14.2.